The van der Waals surface area contributed by atoms with E-state index < -0.39 is 11.0 Å². The highest BCUT2D eigenvalue weighted by molar-refractivity contribution is 5.94. The van der Waals surface area contributed by atoms with Crippen molar-refractivity contribution in [1.29, 1.82) is 0 Å². The molecule has 2 amide bonds. The van der Waals surface area contributed by atoms with Crippen molar-refractivity contribution in [1.82, 2.24) is 15.1 Å². The molecule has 2 heterocycles. The van der Waals surface area contributed by atoms with Crippen LogP contribution in [0.5, 0.6) is 0 Å². The van der Waals surface area contributed by atoms with Crippen molar-refractivity contribution in [3.63, 3.8) is 0 Å². The maximum atomic E-state index is 12.5. The van der Waals surface area contributed by atoms with Crippen LogP contribution in [0.15, 0.2) is 24.3 Å². The van der Waals surface area contributed by atoms with Crippen LogP contribution in [-0.2, 0) is 4.79 Å². The number of amides is 2. The second-order valence-electron chi connectivity index (χ2n) is 6.27. The molecule has 9 nitrogen and oxygen atoms in total. The molecule has 1 aromatic rings. The van der Waals surface area contributed by atoms with Crippen LogP contribution in [-0.4, -0.2) is 76.5 Å². The molecule has 2 saturated heterocycles. The van der Waals surface area contributed by atoms with Gasteiger partial charge in [0.05, 0.1) is 17.1 Å². The van der Waals surface area contributed by atoms with Gasteiger partial charge in [-0.2, -0.15) is 0 Å². The minimum Gasteiger partial charge on any atom is -0.392 e. The molecule has 1 aromatic carbocycles. The quantitative estimate of drug-likeness (QED) is 0.560. The van der Waals surface area contributed by atoms with E-state index in [2.05, 4.69) is 5.32 Å². The van der Waals surface area contributed by atoms with Crippen LogP contribution in [0.1, 0.15) is 16.8 Å². The maximum Gasteiger partial charge on any atom is 0.269 e. The summed E-state index contributed by atoms with van der Waals surface area (Å²) in [5, 5.41) is 23.2. The lowest BCUT2D eigenvalue weighted by Gasteiger charge is -2.36. The Morgan fingerprint density at radius 2 is 1.69 bits per heavy atom. The second kappa shape index (κ2) is 8.43. The molecule has 0 radical (unpaired) electrons. The Labute approximate surface area is 156 Å². The molecule has 0 spiro atoms. The molecule has 3 rings (SSSR count). The Kier molecular flexibility index (Phi) is 6.52. The van der Waals surface area contributed by atoms with Gasteiger partial charge in [0, 0.05) is 50.4 Å². The van der Waals surface area contributed by atoms with Gasteiger partial charge in [-0.1, -0.05) is 0 Å². The van der Waals surface area contributed by atoms with E-state index in [0.29, 0.717) is 44.7 Å². The van der Waals surface area contributed by atoms with Crippen LogP contribution < -0.4 is 5.32 Å². The fourth-order valence-corrected chi connectivity index (χ4v) is 3.16. The molecule has 2 atom stereocenters. The van der Waals surface area contributed by atoms with Crippen molar-refractivity contribution < 1.29 is 19.6 Å². The molecule has 2 aliphatic rings. The summed E-state index contributed by atoms with van der Waals surface area (Å²) in [7, 11) is 0. The second-order valence-corrected chi connectivity index (χ2v) is 6.27. The summed E-state index contributed by atoms with van der Waals surface area (Å²) in [5.41, 5.74) is 0.337. The number of hydrogen-bond donors (Lipinski definition) is 2. The predicted octanol–water partition coefficient (Wildman–Crippen LogP) is 0.0238. The van der Waals surface area contributed by atoms with Crippen LogP contribution in [0.25, 0.3) is 0 Å². The number of benzene rings is 1. The lowest BCUT2D eigenvalue weighted by molar-refractivity contribution is -0.384. The van der Waals surface area contributed by atoms with E-state index in [4.69, 9.17) is 0 Å². The third-order valence-corrected chi connectivity index (χ3v) is 4.61. The number of carbonyl (C=O) groups excluding carboxylic acids is 2. The van der Waals surface area contributed by atoms with Crippen LogP contribution in [0.4, 0.5) is 5.69 Å². The van der Waals surface area contributed by atoms with E-state index >= 15 is 0 Å². The number of hydrogen-bond acceptors (Lipinski definition) is 6. The number of non-ortho nitro benzene ring substituents is 1. The van der Waals surface area contributed by atoms with Crippen LogP contribution in [0.2, 0.25) is 0 Å². The molecule has 0 aromatic heterocycles. The number of nitrogens with zero attached hydrogens (tertiary/aromatic N) is 3. The minimum atomic E-state index is -0.507. The Morgan fingerprint density at radius 1 is 1.12 bits per heavy atom. The van der Waals surface area contributed by atoms with Gasteiger partial charge >= 0.3 is 0 Å². The normalized spacial score (nSPS) is 22.7. The number of nitro groups is 1. The lowest BCUT2D eigenvalue weighted by atomic mass is 10.1. The van der Waals surface area contributed by atoms with Crippen molar-refractivity contribution in [2.24, 2.45) is 0 Å². The zero-order valence-electron chi connectivity index (χ0n) is 14.0. The molecular formula is C16H21ClN4O5. The fourth-order valence-electron chi connectivity index (χ4n) is 3.16. The number of halogens is 1. The Hall–Kier alpha value is -2.23. The molecule has 0 bridgehead atoms. The highest BCUT2D eigenvalue weighted by Crippen LogP contribution is 2.16. The van der Waals surface area contributed by atoms with Gasteiger partial charge in [-0.15, -0.1) is 12.4 Å². The molecule has 2 fully saturated rings. The van der Waals surface area contributed by atoms with Gasteiger partial charge in [0.15, 0.2) is 0 Å². The monoisotopic (exact) mass is 384 g/mol. The summed E-state index contributed by atoms with van der Waals surface area (Å²) in [6, 6.07) is 5.16. The molecular weight excluding hydrogens is 364 g/mol. The van der Waals surface area contributed by atoms with Crippen molar-refractivity contribution in [3.8, 4) is 0 Å². The van der Waals surface area contributed by atoms with Gasteiger partial charge in [0.1, 0.15) is 0 Å². The first-order valence-corrected chi connectivity index (χ1v) is 8.19. The molecule has 2 N–H and O–H groups in total. The highest BCUT2D eigenvalue weighted by atomic mass is 35.5. The topological polar surface area (TPSA) is 116 Å². The van der Waals surface area contributed by atoms with Crippen molar-refractivity contribution in [2.45, 2.75) is 18.6 Å². The standard InChI is InChI=1S/C16H20N4O5.ClH/c21-13-9-14(17-10-13)16(23)19-7-5-18(6-8-19)15(22)11-1-3-12(4-2-11)20(24)25;/h1-4,13-14,17,21H,5-10H2;1H. The highest BCUT2D eigenvalue weighted by Gasteiger charge is 2.33. The molecule has 0 aliphatic carbocycles. The lowest BCUT2D eigenvalue weighted by Crippen LogP contribution is -2.54. The van der Waals surface area contributed by atoms with Crippen LogP contribution in [0, 0.1) is 10.1 Å². The fraction of sp³-hybridized carbons (Fsp3) is 0.500. The Morgan fingerprint density at radius 3 is 2.19 bits per heavy atom. The number of β-amino-alcohol motifs (C(OH)–C–C–N with tert-alkyl or cyclic N) is 1. The summed E-state index contributed by atoms with van der Waals surface area (Å²) < 4.78 is 0. The van der Waals surface area contributed by atoms with Crippen molar-refractivity contribution in [2.75, 3.05) is 32.7 Å². The predicted molar refractivity (Wildman–Crippen MR) is 95.2 cm³/mol. The SMILES string of the molecule is Cl.O=C(c1ccc([N+](=O)[O-])cc1)N1CCN(C(=O)C2CC(O)CN2)CC1. The number of nitrogens with one attached hydrogen (secondary N) is 1. The summed E-state index contributed by atoms with van der Waals surface area (Å²) in [6.45, 7) is 2.13. The molecule has 2 unspecified atom stereocenters. The van der Waals surface area contributed by atoms with E-state index in [1.807, 2.05) is 0 Å². The van der Waals surface area contributed by atoms with Crippen molar-refractivity contribution >= 4 is 29.9 Å². The zero-order chi connectivity index (χ0) is 18.0. The maximum absolute atomic E-state index is 12.5. The summed E-state index contributed by atoms with van der Waals surface area (Å²) >= 11 is 0. The third kappa shape index (κ3) is 4.29. The van der Waals surface area contributed by atoms with Gasteiger partial charge < -0.3 is 20.2 Å². The van der Waals surface area contributed by atoms with Gasteiger partial charge in [-0.05, 0) is 18.6 Å². The average molecular weight is 385 g/mol. The number of aliphatic hydroxyl groups excluding tert-OH is 1. The van der Waals surface area contributed by atoms with E-state index in [1.54, 1.807) is 9.80 Å². The number of piperazine rings is 1. The molecule has 2 aliphatic heterocycles. The first-order chi connectivity index (χ1) is 12.0. The van der Waals surface area contributed by atoms with Gasteiger partial charge in [0.25, 0.3) is 11.6 Å². The zero-order valence-corrected chi connectivity index (χ0v) is 14.9. The number of nitro benzene ring substituents is 1. The summed E-state index contributed by atoms with van der Waals surface area (Å²) in [5.74, 6) is -0.240. The minimum absolute atomic E-state index is 0. The number of aliphatic hydroxyl groups is 1. The first-order valence-electron chi connectivity index (χ1n) is 8.19. The number of rotatable bonds is 3. The largest absolute Gasteiger partial charge is 0.392 e. The summed E-state index contributed by atoms with van der Waals surface area (Å²) in [4.78, 5) is 38.3. The molecule has 10 heteroatoms. The Balaban J connectivity index is 0.00000243. The smallest absolute Gasteiger partial charge is 0.269 e. The van der Waals surface area contributed by atoms with E-state index in [0.717, 1.165) is 0 Å². The van der Waals surface area contributed by atoms with E-state index in [-0.39, 0.29) is 36.0 Å². The summed E-state index contributed by atoms with van der Waals surface area (Å²) in [6.07, 6.45) is -0.0696. The van der Waals surface area contributed by atoms with Crippen LogP contribution >= 0.6 is 12.4 Å². The Bertz CT molecular complexity index is 676. The first kappa shape index (κ1) is 20.1. The van der Waals surface area contributed by atoms with Gasteiger partial charge in [0.2, 0.25) is 5.91 Å². The van der Waals surface area contributed by atoms with E-state index in [1.165, 1.54) is 24.3 Å². The number of carbonyl (C=O) groups is 2. The molecule has 142 valence electrons. The third-order valence-electron chi connectivity index (χ3n) is 4.61. The van der Waals surface area contributed by atoms with E-state index in [9.17, 15) is 24.8 Å². The van der Waals surface area contributed by atoms with Gasteiger partial charge in [-0.3, -0.25) is 19.7 Å². The molecule has 0 saturated carbocycles. The van der Waals surface area contributed by atoms with Crippen LogP contribution in [0.3, 0.4) is 0 Å². The van der Waals surface area contributed by atoms with Gasteiger partial charge in [-0.25, -0.2) is 0 Å². The molecule has 26 heavy (non-hydrogen) atoms. The average Bonchev–Trinajstić information content (AvgIpc) is 3.07. The van der Waals surface area contributed by atoms with Crippen molar-refractivity contribution in [3.05, 3.63) is 39.9 Å².